The number of hydrogen-bond acceptors (Lipinski definition) is 2. The van der Waals surface area contributed by atoms with Crippen molar-refractivity contribution < 1.29 is 0 Å². The smallest absolute Gasteiger partial charge is 0.0618 e. The molecule has 0 atom stereocenters. The molecule has 0 saturated carbocycles. The highest BCUT2D eigenvalue weighted by molar-refractivity contribution is 6.16. The van der Waals surface area contributed by atoms with Crippen LogP contribution in [-0.4, -0.2) is 0 Å². The summed E-state index contributed by atoms with van der Waals surface area (Å²) in [6.07, 6.45) is 0. The fraction of sp³-hybridized carbons (Fsp3) is 0.0476. The molecule has 0 amide bonds. The Morgan fingerprint density at radius 1 is 0.262 bits per heavy atom. The highest BCUT2D eigenvalue weighted by Gasteiger charge is 2.37. The molecule has 0 spiro atoms. The van der Waals surface area contributed by atoms with Crippen LogP contribution in [-0.2, 0) is 5.41 Å². The molecule has 306 valence electrons. The summed E-state index contributed by atoms with van der Waals surface area (Å²) >= 11 is 0. The first-order valence-electron chi connectivity index (χ1n) is 22.7. The van der Waals surface area contributed by atoms with Gasteiger partial charge in [0.05, 0.1) is 11.4 Å². The molecular formula is C63H44N2. The van der Waals surface area contributed by atoms with Gasteiger partial charge in [-0.2, -0.15) is 0 Å². The molecule has 13 rings (SSSR count). The number of nitrogens with zero attached hydrogens (tertiary/aromatic N) is 2. The van der Waals surface area contributed by atoms with Gasteiger partial charge in [-0.15, -0.1) is 0 Å². The molecular weight excluding hydrogens is 785 g/mol. The van der Waals surface area contributed by atoms with E-state index in [0.717, 1.165) is 22.7 Å². The molecule has 0 unspecified atom stereocenters. The van der Waals surface area contributed by atoms with E-state index in [9.17, 15) is 0 Å². The lowest BCUT2D eigenvalue weighted by molar-refractivity contribution is 0.660. The van der Waals surface area contributed by atoms with E-state index in [4.69, 9.17) is 0 Å². The predicted octanol–water partition coefficient (Wildman–Crippen LogP) is 17.9. The van der Waals surface area contributed by atoms with E-state index in [2.05, 4.69) is 254 Å². The summed E-state index contributed by atoms with van der Waals surface area (Å²) < 4.78 is 0. The fourth-order valence-corrected chi connectivity index (χ4v) is 10.9. The lowest BCUT2D eigenvalue weighted by Gasteiger charge is -2.31. The number of rotatable bonds is 6. The van der Waals surface area contributed by atoms with Crippen LogP contribution in [0.1, 0.15) is 25.0 Å². The topological polar surface area (TPSA) is 6.48 Å². The van der Waals surface area contributed by atoms with Crippen LogP contribution >= 0.6 is 0 Å². The minimum absolute atomic E-state index is 0.303. The van der Waals surface area contributed by atoms with E-state index in [1.807, 2.05) is 0 Å². The van der Waals surface area contributed by atoms with Crippen LogP contribution in [0, 0.1) is 0 Å². The molecule has 0 radical (unpaired) electrons. The lowest BCUT2D eigenvalue weighted by atomic mass is 9.82. The van der Waals surface area contributed by atoms with E-state index in [0.29, 0.717) is 0 Å². The molecule has 12 aromatic carbocycles. The summed E-state index contributed by atoms with van der Waals surface area (Å²) in [6, 6.07) is 85.5. The SMILES string of the molecule is CC1(C)c2cc(N(c3ccc4ccccc4c3)c3c4ccccc4cc4ccccc34)ccc2-c2ccc(N(c3ccc4ccccc4c3)c3c4ccccc4cc4ccccc34)cc21. The van der Waals surface area contributed by atoms with Crippen LogP contribution in [0.3, 0.4) is 0 Å². The molecule has 65 heavy (non-hydrogen) atoms. The van der Waals surface area contributed by atoms with Crippen LogP contribution in [0.4, 0.5) is 34.1 Å². The quantitative estimate of drug-likeness (QED) is 0.154. The zero-order valence-corrected chi connectivity index (χ0v) is 36.3. The minimum Gasteiger partial charge on any atom is -0.309 e. The molecule has 0 aliphatic heterocycles. The number of fused-ring (bicyclic) bond motifs is 9. The Balaban J connectivity index is 1.02. The summed E-state index contributed by atoms with van der Waals surface area (Å²) in [5.41, 5.74) is 11.9. The number of hydrogen-bond donors (Lipinski definition) is 0. The molecule has 12 aromatic rings. The second-order valence-corrected chi connectivity index (χ2v) is 18.2. The third-order valence-electron chi connectivity index (χ3n) is 14.1. The predicted molar refractivity (Wildman–Crippen MR) is 278 cm³/mol. The molecule has 1 aliphatic carbocycles. The van der Waals surface area contributed by atoms with Gasteiger partial charge in [0.2, 0.25) is 0 Å². The van der Waals surface area contributed by atoms with Gasteiger partial charge in [-0.1, -0.05) is 184 Å². The molecule has 0 N–H and O–H groups in total. The lowest BCUT2D eigenvalue weighted by Crippen LogP contribution is -2.18. The average molecular weight is 829 g/mol. The van der Waals surface area contributed by atoms with Gasteiger partial charge in [-0.05, 0) is 126 Å². The maximum Gasteiger partial charge on any atom is 0.0618 e. The Labute approximate surface area is 378 Å². The van der Waals surface area contributed by atoms with Crippen molar-refractivity contribution in [2.24, 2.45) is 0 Å². The van der Waals surface area contributed by atoms with E-state index >= 15 is 0 Å². The molecule has 0 aromatic heterocycles. The molecule has 0 fully saturated rings. The third-order valence-corrected chi connectivity index (χ3v) is 14.1. The van der Waals surface area contributed by atoms with Crippen molar-refractivity contribution in [2.45, 2.75) is 19.3 Å². The van der Waals surface area contributed by atoms with Gasteiger partial charge in [-0.25, -0.2) is 0 Å². The molecule has 1 aliphatic rings. The summed E-state index contributed by atoms with van der Waals surface area (Å²) in [5.74, 6) is 0. The molecule has 0 bridgehead atoms. The van der Waals surface area contributed by atoms with Gasteiger partial charge >= 0.3 is 0 Å². The Hall–Kier alpha value is -8.20. The van der Waals surface area contributed by atoms with Crippen molar-refractivity contribution >= 4 is 98.8 Å². The first-order chi connectivity index (χ1) is 32.0. The van der Waals surface area contributed by atoms with Crippen LogP contribution in [0.25, 0.3) is 75.8 Å². The zero-order chi connectivity index (χ0) is 43.2. The van der Waals surface area contributed by atoms with E-state index in [1.165, 1.54) is 98.3 Å². The second kappa shape index (κ2) is 14.4. The van der Waals surface area contributed by atoms with Crippen molar-refractivity contribution in [2.75, 3.05) is 9.80 Å². The Morgan fingerprint density at radius 2 is 0.554 bits per heavy atom. The Bertz CT molecular complexity index is 3530. The van der Waals surface area contributed by atoms with Gasteiger partial charge in [0, 0.05) is 49.7 Å². The number of anilines is 6. The first-order valence-corrected chi connectivity index (χ1v) is 22.7. The maximum atomic E-state index is 2.51. The second-order valence-electron chi connectivity index (χ2n) is 18.2. The largest absolute Gasteiger partial charge is 0.309 e. The Morgan fingerprint density at radius 3 is 0.923 bits per heavy atom. The normalized spacial score (nSPS) is 12.9. The van der Waals surface area contributed by atoms with Crippen molar-refractivity contribution in [1.82, 2.24) is 0 Å². The van der Waals surface area contributed by atoms with Gasteiger partial charge < -0.3 is 9.80 Å². The first kappa shape index (κ1) is 37.4. The molecule has 0 saturated heterocycles. The average Bonchev–Trinajstić information content (AvgIpc) is 3.58. The minimum atomic E-state index is -0.303. The van der Waals surface area contributed by atoms with Crippen LogP contribution in [0.15, 0.2) is 231 Å². The summed E-state index contributed by atoms with van der Waals surface area (Å²) in [7, 11) is 0. The van der Waals surface area contributed by atoms with Crippen LogP contribution in [0.5, 0.6) is 0 Å². The molecule has 2 heteroatoms. The van der Waals surface area contributed by atoms with E-state index in [1.54, 1.807) is 0 Å². The summed E-state index contributed by atoms with van der Waals surface area (Å²) in [5, 5.41) is 14.7. The Kier molecular flexibility index (Phi) is 8.29. The summed E-state index contributed by atoms with van der Waals surface area (Å²) in [4.78, 5) is 5.02. The molecule has 0 heterocycles. The maximum absolute atomic E-state index is 2.51. The van der Waals surface area contributed by atoms with Gasteiger partial charge in [-0.3, -0.25) is 0 Å². The van der Waals surface area contributed by atoms with Crippen molar-refractivity contribution in [3.8, 4) is 11.1 Å². The summed E-state index contributed by atoms with van der Waals surface area (Å²) in [6.45, 7) is 4.82. The highest BCUT2D eigenvalue weighted by Crippen LogP contribution is 2.54. The van der Waals surface area contributed by atoms with Gasteiger partial charge in [0.1, 0.15) is 0 Å². The standard InChI is InChI=1S/C63H44N2/c1-63(2)59-39-51(64(49-29-27-41-15-3-5-17-43(41)37-49)61-53-23-11-7-19-45(53)35-46-20-8-12-24-54(46)61)31-33-57(59)58-34-32-52(40-60(58)63)65(50-30-28-42-16-4-6-18-44(42)38-50)62-55-25-13-9-21-47(55)36-48-22-10-14-26-56(48)62/h3-40H,1-2H3. The van der Waals surface area contributed by atoms with E-state index in [-0.39, 0.29) is 5.41 Å². The fourth-order valence-electron chi connectivity index (χ4n) is 10.9. The van der Waals surface area contributed by atoms with E-state index < -0.39 is 0 Å². The van der Waals surface area contributed by atoms with Crippen molar-refractivity contribution in [1.29, 1.82) is 0 Å². The van der Waals surface area contributed by atoms with Gasteiger partial charge in [0.15, 0.2) is 0 Å². The zero-order valence-electron chi connectivity index (χ0n) is 36.3. The van der Waals surface area contributed by atoms with Gasteiger partial charge in [0.25, 0.3) is 0 Å². The van der Waals surface area contributed by atoms with Crippen molar-refractivity contribution in [3.05, 3.63) is 242 Å². The monoisotopic (exact) mass is 828 g/mol. The van der Waals surface area contributed by atoms with Crippen LogP contribution in [0.2, 0.25) is 0 Å². The van der Waals surface area contributed by atoms with Crippen LogP contribution < -0.4 is 9.80 Å². The third kappa shape index (κ3) is 5.88. The molecule has 2 nitrogen and oxygen atoms in total. The van der Waals surface area contributed by atoms with Crippen molar-refractivity contribution in [3.63, 3.8) is 0 Å². The number of benzene rings is 12. The highest BCUT2D eigenvalue weighted by atomic mass is 15.2.